The van der Waals surface area contributed by atoms with Crippen molar-refractivity contribution in [2.75, 3.05) is 32.2 Å². The van der Waals surface area contributed by atoms with Crippen LogP contribution in [0, 0.1) is 23.2 Å². The summed E-state index contributed by atoms with van der Waals surface area (Å²) >= 11 is 6.93. The van der Waals surface area contributed by atoms with Crippen LogP contribution in [0.1, 0.15) is 80.1 Å². The van der Waals surface area contributed by atoms with Crippen molar-refractivity contribution in [1.29, 1.82) is 0 Å². The monoisotopic (exact) mass is 838 g/mol. The molecule has 16 nitrogen and oxygen atoms in total. The van der Waals surface area contributed by atoms with Gasteiger partial charge in [0, 0.05) is 31.0 Å². The predicted octanol–water partition coefficient (Wildman–Crippen LogP) is 6.05. The van der Waals surface area contributed by atoms with E-state index in [1.54, 1.807) is 25.3 Å². The lowest BCUT2D eigenvalue weighted by Crippen LogP contribution is -2.59. The molecule has 320 valence electrons. The standard InChI is InChI=1S/C42H55ClN6O10/c1-8-24-18-42(24,38(52)53)48-36(50)30-16-26(19-49(30)37(51)35(41(4,5)6)47-40(54)59-25-14-22-13-23(22)15-25)58-32-17-28(29-20-57-39(46-29)44-21(2)3)45-34-27(32)9-10-31(33(34)43)56-12-11-55-7/h9-10,17,20-26,30,35H,8,11-16,18-19H2,1-7H3,(H,44,46)(H,47,54)(H,48,50)(H,52,53)/t22-,23+,24-,25?,26-,30+,35-,42-/m1/s1. The molecule has 0 spiro atoms. The molecule has 4 aliphatic rings. The Kier molecular flexibility index (Phi) is 12.0. The van der Waals surface area contributed by atoms with Crippen molar-refractivity contribution in [3.8, 4) is 22.9 Å². The number of pyridine rings is 1. The van der Waals surface area contributed by atoms with Crippen LogP contribution < -0.4 is 25.4 Å². The van der Waals surface area contributed by atoms with Crippen LogP contribution in [0.15, 0.2) is 28.9 Å². The van der Waals surface area contributed by atoms with E-state index in [4.69, 9.17) is 39.9 Å². The molecule has 59 heavy (non-hydrogen) atoms. The number of carboxylic acids is 1. The first-order chi connectivity index (χ1) is 28.0. The number of aromatic nitrogens is 2. The number of nitrogens with one attached hydrogen (secondary N) is 3. The first-order valence-corrected chi connectivity index (χ1v) is 20.9. The first kappa shape index (κ1) is 42.3. The van der Waals surface area contributed by atoms with Gasteiger partial charge in [0.15, 0.2) is 0 Å². The molecule has 1 aliphatic heterocycles. The van der Waals surface area contributed by atoms with Gasteiger partial charge >= 0.3 is 12.1 Å². The number of nitrogens with zero attached hydrogens (tertiary/aromatic N) is 3. The van der Waals surface area contributed by atoms with Crippen LogP contribution in [-0.2, 0) is 23.9 Å². The van der Waals surface area contributed by atoms with Crippen LogP contribution in [0.5, 0.6) is 11.5 Å². The molecule has 17 heteroatoms. The normalized spacial score (nSPS) is 26.3. The molecule has 7 rings (SSSR count). The predicted molar refractivity (Wildman–Crippen MR) is 217 cm³/mol. The fraction of sp³-hybridized carbons (Fsp3) is 0.619. The second kappa shape index (κ2) is 16.7. The number of likely N-dealkylation sites (tertiary alicyclic amines) is 1. The Morgan fingerprint density at radius 3 is 2.42 bits per heavy atom. The Balaban J connectivity index is 1.21. The second-order valence-electron chi connectivity index (χ2n) is 17.7. The summed E-state index contributed by atoms with van der Waals surface area (Å²) in [5, 5.41) is 19.7. The number of methoxy groups -OCH3 is 1. The SMILES string of the molecule is CC[C@@H]1C[C@]1(NC(=O)[C@@H]1C[C@@H](Oc2cc(-c3coc(NC(C)C)n3)nc3c(Cl)c(OCCOC)ccc23)CN1C(=O)[C@@H](NC(=O)OC1C[C@@H]2C[C@@H]2C1)C(C)(C)C)C(=O)O. The molecule has 4 N–H and O–H groups in total. The number of aliphatic carboxylic acids is 1. The van der Waals surface area contributed by atoms with Crippen molar-refractivity contribution in [3.05, 3.63) is 29.5 Å². The molecule has 0 radical (unpaired) electrons. The summed E-state index contributed by atoms with van der Waals surface area (Å²) in [5.74, 6) is -0.589. The minimum atomic E-state index is -1.43. The van der Waals surface area contributed by atoms with E-state index in [9.17, 15) is 24.3 Å². The Morgan fingerprint density at radius 1 is 1.03 bits per heavy atom. The van der Waals surface area contributed by atoms with Gasteiger partial charge in [0.25, 0.3) is 6.01 Å². The molecule has 3 aliphatic carbocycles. The van der Waals surface area contributed by atoms with Gasteiger partial charge < -0.3 is 49.3 Å². The highest BCUT2D eigenvalue weighted by molar-refractivity contribution is 6.36. The maximum atomic E-state index is 14.7. The molecule has 1 saturated heterocycles. The van der Waals surface area contributed by atoms with E-state index in [2.05, 4.69) is 20.9 Å². The van der Waals surface area contributed by atoms with E-state index in [0.29, 0.717) is 64.7 Å². The number of hydrogen-bond donors (Lipinski definition) is 4. The number of alkyl carbamates (subject to hydrolysis) is 1. The number of benzene rings is 1. The summed E-state index contributed by atoms with van der Waals surface area (Å²) in [4.78, 5) is 65.5. The zero-order valence-electron chi connectivity index (χ0n) is 34.6. The highest BCUT2D eigenvalue weighted by Gasteiger charge is 2.61. The topological polar surface area (TPSA) is 204 Å². The van der Waals surface area contributed by atoms with Gasteiger partial charge in [-0.25, -0.2) is 14.6 Å². The second-order valence-corrected chi connectivity index (χ2v) is 18.1. The number of halogens is 1. The number of carbonyl (C=O) groups is 4. The zero-order chi connectivity index (χ0) is 42.4. The number of amides is 3. The maximum absolute atomic E-state index is 14.7. The summed E-state index contributed by atoms with van der Waals surface area (Å²) < 4.78 is 29.2. The van der Waals surface area contributed by atoms with Gasteiger partial charge in [-0.15, -0.1) is 0 Å². The zero-order valence-corrected chi connectivity index (χ0v) is 35.4. The van der Waals surface area contributed by atoms with E-state index in [1.165, 1.54) is 17.6 Å². The fourth-order valence-electron chi connectivity index (χ4n) is 8.51. The van der Waals surface area contributed by atoms with Crippen molar-refractivity contribution in [3.63, 3.8) is 0 Å². The average Bonchev–Trinajstić information content (AvgIpc) is 3.84. The van der Waals surface area contributed by atoms with Crippen LogP contribution in [0.2, 0.25) is 5.02 Å². The minimum absolute atomic E-state index is 0.0216. The fourth-order valence-corrected chi connectivity index (χ4v) is 8.77. The lowest BCUT2D eigenvalue weighted by molar-refractivity contribution is -0.146. The summed E-state index contributed by atoms with van der Waals surface area (Å²) in [6, 6.07) is 3.31. The number of rotatable bonds is 16. The van der Waals surface area contributed by atoms with Crippen molar-refractivity contribution in [2.24, 2.45) is 23.2 Å². The molecular weight excluding hydrogens is 784 g/mol. The third-order valence-corrected chi connectivity index (χ3v) is 12.3. The highest BCUT2D eigenvalue weighted by Crippen LogP contribution is 2.52. The van der Waals surface area contributed by atoms with Crippen LogP contribution in [0.3, 0.4) is 0 Å². The van der Waals surface area contributed by atoms with Gasteiger partial charge in [-0.3, -0.25) is 9.59 Å². The molecule has 4 fully saturated rings. The summed E-state index contributed by atoms with van der Waals surface area (Å²) in [6.45, 7) is 11.8. The molecule has 1 unspecified atom stereocenters. The Bertz CT molecular complexity index is 2080. The van der Waals surface area contributed by atoms with E-state index in [-0.39, 0.29) is 49.1 Å². The number of anilines is 1. The van der Waals surface area contributed by atoms with E-state index >= 15 is 0 Å². The van der Waals surface area contributed by atoms with Gasteiger partial charge in [-0.1, -0.05) is 45.7 Å². The van der Waals surface area contributed by atoms with E-state index < -0.39 is 53.0 Å². The minimum Gasteiger partial charge on any atom is -0.490 e. The summed E-state index contributed by atoms with van der Waals surface area (Å²) in [5.41, 5.74) is -1.09. The highest BCUT2D eigenvalue weighted by atomic mass is 35.5. The van der Waals surface area contributed by atoms with Crippen LogP contribution in [-0.4, -0.2) is 107 Å². The molecule has 1 aromatic carbocycles. The van der Waals surface area contributed by atoms with Crippen LogP contribution in [0.25, 0.3) is 22.3 Å². The molecule has 2 aromatic heterocycles. The summed E-state index contributed by atoms with van der Waals surface area (Å²) in [6.07, 6.45) is 3.47. The summed E-state index contributed by atoms with van der Waals surface area (Å²) in [7, 11) is 1.57. The molecule has 3 aromatic rings. The third-order valence-electron chi connectivity index (χ3n) is 11.9. The smallest absolute Gasteiger partial charge is 0.408 e. The number of carboxylic acid groups (broad SMARTS) is 1. The largest absolute Gasteiger partial charge is 0.490 e. The van der Waals surface area contributed by atoms with Crippen LogP contribution in [0.4, 0.5) is 10.8 Å². The third kappa shape index (κ3) is 9.03. The number of carbonyl (C=O) groups excluding carboxylic acids is 3. The quantitative estimate of drug-likeness (QED) is 0.122. The first-order valence-electron chi connectivity index (χ1n) is 20.5. The van der Waals surface area contributed by atoms with Crippen molar-refractivity contribution >= 4 is 52.4 Å². The van der Waals surface area contributed by atoms with Gasteiger partial charge in [0.2, 0.25) is 11.8 Å². The lowest BCUT2D eigenvalue weighted by Gasteiger charge is -2.35. The maximum Gasteiger partial charge on any atom is 0.408 e. The molecule has 3 saturated carbocycles. The molecule has 0 bridgehead atoms. The van der Waals surface area contributed by atoms with Gasteiger partial charge in [-0.2, -0.15) is 4.98 Å². The van der Waals surface area contributed by atoms with E-state index in [1.807, 2.05) is 41.5 Å². The average molecular weight is 839 g/mol. The molecule has 3 heterocycles. The number of oxazole rings is 1. The van der Waals surface area contributed by atoms with Crippen molar-refractivity contribution in [2.45, 2.75) is 116 Å². The van der Waals surface area contributed by atoms with Gasteiger partial charge in [-0.05, 0) is 74.8 Å². The molecule has 3 amide bonds. The Morgan fingerprint density at radius 2 is 1.78 bits per heavy atom. The van der Waals surface area contributed by atoms with Crippen molar-refractivity contribution in [1.82, 2.24) is 25.5 Å². The molecule has 8 atom stereocenters. The van der Waals surface area contributed by atoms with Crippen molar-refractivity contribution < 1.29 is 47.6 Å². The van der Waals surface area contributed by atoms with Gasteiger partial charge in [0.1, 0.15) is 64.9 Å². The van der Waals surface area contributed by atoms with Gasteiger partial charge in [0.05, 0.1) is 24.4 Å². The number of fused-ring (bicyclic) bond motifs is 2. The Hall–Kier alpha value is -4.83. The van der Waals surface area contributed by atoms with Crippen LogP contribution >= 0.6 is 11.6 Å². The van der Waals surface area contributed by atoms with E-state index in [0.717, 1.165) is 12.8 Å². The lowest BCUT2D eigenvalue weighted by atomic mass is 9.85. The number of ether oxygens (including phenoxy) is 4. The Labute approximate surface area is 348 Å². The molecular formula is C42H55ClN6O10. The number of hydrogen-bond acceptors (Lipinski definition) is 12.